The van der Waals surface area contributed by atoms with Gasteiger partial charge in [-0.25, -0.2) is 0 Å². The molecule has 0 radical (unpaired) electrons. The number of benzene rings is 1. The van der Waals surface area contributed by atoms with Crippen molar-refractivity contribution >= 4 is 0 Å². The average Bonchev–Trinajstić information content (AvgIpc) is 2.45. The Morgan fingerprint density at radius 1 is 1.16 bits per heavy atom. The zero-order chi connectivity index (χ0) is 14.4. The van der Waals surface area contributed by atoms with Gasteiger partial charge in [-0.1, -0.05) is 12.1 Å². The van der Waals surface area contributed by atoms with E-state index in [2.05, 4.69) is 11.8 Å². The molecule has 19 heavy (non-hydrogen) atoms. The van der Waals surface area contributed by atoms with Gasteiger partial charge >= 0.3 is 0 Å². The maximum absolute atomic E-state index is 10.4. The lowest BCUT2D eigenvalue weighted by molar-refractivity contribution is 0.0280. The van der Waals surface area contributed by atoms with Crippen LogP contribution in [0.5, 0.6) is 5.75 Å². The molecular formula is C15H25NO3. The molecule has 108 valence electrons. The Balaban J connectivity index is 2.71. The second-order valence-electron chi connectivity index (χ2n) is 4.93. The van der Waals surface area contributed by atoms with Crippen molar-refractivity contribution in [2.24, 2.45) is 0 Å². The molecule has 4 heteroatoms. The zero-order valence-electron chi connectivity index (χ0n) is 12.5. The van der Waals surface area contributed by atoms with Crippen LogP contribution in [0.3, 0.4) is 0 Å². The largest absolute Gasteiger partial charge is 0.497 e. The van der Waals surface area contributed by atoms with Crippen molar-refractivity contribution < 1.29 is 14.6 Å². The van der Waals surface area contributed by atoms with E-state index >= 15 is 0 Å². The molecule has 1 aromatic rings. The quantitative estimate of drug-likeness (QED) is 0.821. The fourth-order valence-corrected chi connectivity index (χ4v) is 2.06. The minimum atomic E-state index is -0.532. The van der Waals surface area contributed by atoms with Gasteiger partial charge in [0.15, 0.2) is 0 Å². The fraction of sp³-hybridized carbons (Fsp3) is 0.600. The van der Waals surface area contributed by atoms with Gasteiger partial charge in [-0.2, -0.15) is 0 Å². The predicted octanol–water partition coefficient (Wildman–Crippen LogP) is 2.08. The summed E-state index contributed by atoms with van der Waals surface area (Å²) in [4.78, 5) is 2.12. The normalized spacial score (nSPS) is 16.2. The molecule has 3 atom stereocenters. The van der Waals surface area contributed by atoms with Crippen molar-refractivity contribution in [2.75, 3.05) is 27.9 Å². The fourth-order valence-electron chi connectivity index (χ4n) is 2.06. The minimum Gasteiger partial charge on any atom is -0.497 e. The number of likely N-dealkylation sites (N-methyl/N-ethyl adjacent to an activating group) is 1. The summed E-state index contributed by atoms with van der Waals surface area (Å²) in [5, 5.41) is 10.4. The van der Waals surface area contributed by atoms with Crippen molar-refractivity contribution in [3.05, 3.63) is 29.8 Å². The Hall–Kier alpha value is -1.10. The lowest BCUT2D eigenvalue weighted by Gasteiger charge is -2.33. The number of rotatable bonds is 7. The van der Waals surface area contributed by atoms with Gasteiger partial charge in [0.05, 0.1) is 19.8 Å². The van der Waals surface area contributed by atoms with Gasteiger partial charge in [-0.05, 0) is 38.6 Å². The molecule has 0 heterocycles. The van der Waals surface area contributed by atoms with Crippen LogP contribution in [0.4, 0.5) is 0 Å². The van der Waals surface area contributed by atoms with Gasteiger partial charge in [0, 0.05) is 19.2 Å². The average molecular weight is 267 g/mol. The Labute approximate surface area is 115 Å². The molecule has 1 N–H and O–H groups in total. The van der Waals surface area contributed by atoms with Crippen LogP contribution in [0.2, 0.25) is 0 Å². The highest BCUT2D eigenvalue weighted by atomic mass is 16.5. The third kappa shape index (κ3) is 4.20. The summed E-state index contributed by atoms with van der Waals surface area (Å²) in [5.41, 5.74) is 0.893. The van der Waals surface area contributed by atoms with E-state index in [0.29, 0.717) is 6.61 Å². The van der Waals surface area contributed by atoms with E-state index in [0.717, 1.165) is 11.3 Å². The van der Waals surface area contributed by atoms with Crippen LogP contribution in [0.1, 0.15) is 25.5 Å². The predicted molar refractivity (Wildman–Crippen MR) is 76.5 cm³/mol. The van der Waals surface area contributed by atoms with Crippen molar-refractivity contribution in [2.45, 2.75) is 32.0 Å². The van der Waals surface area contributed by atoms with Gasteiger partial charge in [-0.15, -0.1) is 0 Å². The molecular weight excluding hydrogens is 242 g/mol. The van der Waals surface area contributed by atoms with Gasteiger partial charge in [-0.3, -0.25) is 4.90 Å². The second-order valence-corrected chi connectivity index (χ2v) is 4.93. The van der Waals surface area contributed by atoms with Crippen LogP contribution in [0, 0.1) is 0 Å². The van der Waals surface area contributed by atoms with E-state index in [4.69, 9.17) is 9.47 Å². The van der Waals surface area contributed by atoms with Crippen LogP contribution in [0.15, 0.2) is 24.3 Å². The number of aliphatic hydroxyl groups excluding tert-OH is 1. The van der Waals surface area contributed by atoms with Gasteiger partial charge in [0.2, 0.25) is 0 Å². The molecule has 0 saturated carbocycles. The van der Waals surface area contributed by atoms with Crippen molar-refractivity contribution in [3.8, 4) is 5.75 Å². The molecule has 4 nitrogen and oxygen atoms in total. The summed E-state index contributed by atoms with van der Waals surface area (Å²) in [6, 6.07) is 7.80. The maximum atomic E-state index is 10.4. The summed E-state index contributed by atoms with van der Waals surface area (Å²) >= 11 is 0. The molecule has 0 aliphatic heterocycles. The van der Waals surface area contributed by atoms with E-state index in [1.54, 1.807) is 14.2 Å². The highest BCUT2D eigenvalue weighted by Crippen LogP contribution is 2.23. The SMILES string of the molecule is COCC(C)N(C)C(C)C(O)c1ccc(OC)cc1. The molecule has 3 unspecified atom stereocenters. The summed E-state index contributed by atoms with van der Waals surface area (Å²) in [6.45, 7) is 4.75. The van der Waals surface area contributed by atoms with Crippen molar-refractivity contribution in [1.29, 1.82) is 0 Å². The number of aliphatic hydroxyl groups is 1. The lowest BCUT2D eigenvalue weighted by Crippen LogP contribution is -2.42. The molecule has 0 aromatic heterocycles. The van der Waals surface area contributed by atoms with E-state index in [1.165, 1.54) is 0 Å². The van der Waals surface area contributed by atoms with E-state index < -0.39 is 6.10 Å². The minimum absolute atomic E-state index is 0.0125. The summed E-state index contributed by atoms with van der Waals surface area (Å²) in [5.74, 6) is 0.796. The standard InChI is InChI=1S/C15H25NO3/c1-11(10-18-4)16(3)12(2)15(17)13-6-8-14(19-5)9-7-13/h6-9,11-12,15,17H,10H2,1-5H3. The summed E-state index contributed by atoms with van der Waals surface area (Å²) < 4.78 is 10.3. The molecule has 1 rings (SSSR count). The molecule has 0 fully saturated rings. The Kier molecular flexibility index (Phi) is 6.28. The number of ether oxygens (including phenoxy) is 2. The molecule has 0 aliphatic carbocycles. The summed E-state index contributed by atoms with van der Waals surface area (Å²) in [7, 11) is 5.32. The van der Waals surface area contributed by atoms with Crippen LogP contribution in [-0.4, -0.2) is 50.0 Å². The first-order valence-electron chi connectivity index (χ1n) is 6.54. The van der Waals surface area contributed by atoms with E-state index in [1.807, 2.05) is 38.2 Å². The monoisotopic (exact) mass is 267 g/mol. The van der Waals surface area contributed by atoms with E-state index in [-0.39, 0.29) is 12.1 Å². The van der Waals surface area contributed by atoms with Gasteiger partial charge in [0.1, 0.15) is 5.75 Å². The molecule has 0 bridgehead atoms. The third-order valence-corrected chi connectivity index (χ3v) is 3.66. The van der Waals surface area contributed by atoms with E-state index in [9.17, 15) is 5.11 Å². The Morgan fingerprint density at radius 2 is 1.74 bits per heavy atom. The van der Waals surface area contributed by atoms with Crippen LogP contribution in [-0.2, 0) is 4.74 Å². The molecule has 0 spiro atoms. The lowest BCUT2D eigenvalue weighted by atomic mass is 10.0. The molecule has 0 saturated heterocycles. The number of methoxy groups -OCH3 is 2. The number of hydrogen-bond donors (Lipinski definition) is 1. The highest BCUT2D eigenvalue weighted by Gasteiger charge is 2.23. The zero-order valence-corrected chi connectivity index (χ0v) is 12.5. The van der Waals surface area contributed by atoms with Gasteiger partial charge in [0.25, 0.3) is 0 Å². The highest BCUT2D eigenvalue weighted by molar-refractivity contribution is 5.29. The Morgan fingerprint density at radius 3 is 2.21 bits per heavy atom. The topological polar surface area (TPSA) is 41.9 Å². The van der Waals surface area contributed by atoms with Crippen molar-refractivity contribution in [1.82, 2.24) is 4.90 Å². The molecule has 0 amide bonds. The van der Waals surface area contributed by atoms with Gasteiger partial charge < -0.3 is 14.6 Å². The molecule has 0 aliphatic rings. The first-order valence-corrected chi connectivity index (χ1v) is 6.54. The van der Waals surface area contributed by atoms with Crippen LogP contribution < -0.4 is 4.74 Å². The molecule has 1 aromatic carbocycles. The van der Waals surface area contributed by atoms with Crippen LogP contribution in [0.25, 0.3) is 0 Å². The number of nitrogens with zero attached hydrogens (tertiary/aromatic N) is 1. The summed E-state index contributed by atoms with van der Waals surface area (Å²) in [6.07, 6.45) is -0.532. The second kappa shape index (κ2) is 7.48. The van der Waals surface area contributed by atoms with Crippen molar-refractivity contribution in [3.63, 3.8) is 0 Å². The Bertz CT molecular complexity index is 366. The first-order chi connectivity index (χ1) is 9.01. The smallest absolute Gasteiger partial charge is 0.118 e. The maximum Gasteiger partial charge on any atom is 0.118 e. The number of hydrogen-bond acceptors (Lipinski definition) is 4. The first kappa shape index (κ1) is 16.0. The third-order valence-electron chi connectivity index (χ3n) is 3.66. The van der Waals surface area contributed by atoms with Crippen LogP contribution >= 0.6 is 0 Å².